The highest BCUT2D eigenvalue weighted by Crippen LogP contribution is 2.30. The Balaban J connectivity index is 1.34. The number of benzene rings is 2. The number of nitrogens with one attached hydrogen (secondary N) is 1. The van der Waals surface area contributed by atoms with Crippen molar-refractivity contribution in [1.82, 2.24) is 10.2 Å². The fourth-order valence-electron chi connectivity index (χ4n) is 3.98. The standard InChI is InChI=1S/C25H28N4O3/c1-17-5-4-6-19(15-17)21-8-10-24(28-27-21)29-13-11-18(12-14-29)25(30)26-20-7-9-22(31-2)23(16-20)32-3/h4-10,15-16,18H,11-14H2,1-3H3,(H,26,30). The molecule has 1 N–H and O–H groups in total. The van der Waals surface area contributed by atoms with Crippen LogP contribution in [0, 0.1) is 12.8 Å². The Morgan fingerprint density at radius 1 is 0.969 bits per heavy atom. The number of methoxy groups -OCH3 is 2. The normalized spacial score (nSPS) is 14.2. The highest BCUT2D eigenvalue weighted by atomic mass is 16.5. The molecule has 1 aromatic heterocycles. The van der Waals surface area contributed by atoms with Crippen molar-refractivity contribution in [2.75, 3.05) is 37.5 Å². The second-order valence-electron chi connectivity index (χ2n) is 7.97. The van der Waals surface area contributed by atoms with Crippen LogP contribution in [0.25, 0.3) is 11.3 Å². The summed E-state index contributed by atoms with van der Waals surface area (Å²) >= 11 is 0. The van der Waals surface area contributed by atoms with Gasteiger partial charge >= 0.3 is 0 Å². The predicted octanol–water partition coefficient (Wildman–Crippen LogP) is 4.32. The second-order valence-corrected chi connectivity index (χ2v) is 7.97. The summed E-state index contributed by atoms with van der Waals surface area (Å²) in [6.45, 7) is 3.60. The molecule has 1 aliphatic rings. The van der Waals surface area contributed by atoms with Gasteiger partial charge in [-0.1, -0.05) is 23.8 Å². The predicted molar refractivity (Wildman–Crippen MR) is 125 cm³/mol. The number of anilines is 2. The topological polar surface area (TPSA) is 76.6 Å². The van der Waals surface area contributed by atoms with Crippen LogP contribution in [0.1, 0.15) is 18.4 Å². The van der Waals surface area contributed by atoms with E-state index in [4.69, 9.17) is 9.47 Å². The highest BCUT2D eigenvalue weighted by Gasteiger charge is 2.26. The Morgan fingerprint density at radius 2 is 1.75 bits per heavy atom. The van der Waals surface area contributed by atoms with Gasteiger partial charge in [0.1, 0.15) is 0 Å². The third-order valence-electron chi connectivity index (χ3n) is 5.81. The highest BCUT2D eigenvalue weighted by molar-refractivity contribution is 5.93. The number of carbonyl (C=O) groups excluding carboxylic acids is 1. The molecule has 0 atom stereocenters. The lowest BCUT2D eigenvalue weighted by molar-refractivity contribution is -0.120. The molecule has 0 aliphatic carbocycles. The molecular formula is C25H28N4O3. The van der Waals surface area contributed by atoms with Gasteiger partial charge in [0.25, 0.3) is 0 Å². The maximum atomic E-state index is 12.8. The van der Waals surface area contributed by atoms with E-state index in [0.717, 1.165) is 43.0 Å². The molecule has 2 heterocycles. The number of piperidine rings is 1. The number of amides is 1. The zero-order valence-corrected chi connectivity index (χ0v) is 18.7. The maximum Gasteiger partial charge on any atom is 0.227 e. The van der Waals surface area contributed by atoms with Crippen LogP contribution in [-0.4, -0.2) is 43.4 Å². The number of hydrogen-bond donors (Lipinski definition) is 1. The van der Waals surface area contributed by atoms with Gasteiger partial charge in [0, 0.05) is 36.3 Å². The summed E-state index contributed by atoms with van der Waals surface area (Å²) in [5.41, 5.74) is 3.82. The Labute approximate surface area is 188 Å². The quantitative estimate of drug-likeness (QED) is 0.625. The smallest absolute Gasteiger partial charge is 0.227 e. The minimum absolute atomic E-state index is 0.0257. The monoisotopic (exact) mass is 432 g/mol. The number of rotatable bonds is 6. The second kappa shape index (κ2) is 9.68. The minimum Gasteiger partial charge on any atom is -0.493 e. The first-order valence-corrected chi connectivity index (χ1v) is 10.8. The van der Waals surface area contributed by atoms with Gasteiger partial charge in [-0.15, -0.1) is 10.2 Å². The average Bonchev–Trinajstić information content (AvgIpc) is 2.84. The fourth-order valence-corrected chi connectivity index (χ4v) is 3.98. The van der Waals surface area contributed by atoms with Crippen LogP contribution in [-0.2, 0) is 4.79 Å². The fraction of sp³-hybridized carbons (Fsp3) is 0.320. The minimum atomic E-state index is -0.0427. The van der Waals surface area contributed by atoms with Crippen LogP contribution in [0.4, 0.5) is 11.5 Å². The molecule has 1 saturated heterocycles. The van der Waals surface area contributed by atoms with Crippen LogP contribution < -0.4 is 19.7 Å². The molecule has 1 fully saturated rings. The van der Waals surface area contributed by atoms with Crippen LogP contribution in [0.2, 0.25) is 0 Å². The number of nitrogens with zero attached hydrogens (tertiary/aromatic N) is 3. The van der Waals surface area contributed by atoms with Gasteiger partial charge in [0.15, 0.2) is 17.3 Å². The molecular weight excluding hydrogens is 404 g/mol. The first-order valence-electron chi connectivity index (χ1n) is 10.8. The maximum absolute atomic E-state index is 12.8. The summed E-state index contributed by atoms with van der Waals surface area (Å²) in [6, 6.07) is 17.6. The number of carbonyl (C=O) groups is 1. The molecule has 4 rings (SSSR count). The van der Waals surface area contributed by atoms with Crippen molar-refractivity contribution in [1.29, 1.82) is 0 Å². The van der Waals surface area contributed by atoms with Crippen molar-refractivity contribution in [2.45, 2.75) is 19.8 Å². The van der Waals surface area contributed by atoms with Crippen molar-refractivity contribution >= 4 is 17.4 Å². The summed E-state index contributed by atoms with van der Waals surface area (Å²) in [5, 5.41) is 11.8. The molecule has 3 aromatic rings. The van der Waals surface area contributed by atoms with E-state index in [-0.39, 0.29) is 11.8 Å². The number of ether oxygens (including phenoxy) is 2. The molecule has 1 amide bonds. The summed E-state index contributed by atoms with van der Waals surface area (Å²) in [4.78, 5) is 15.0. The lowest BCUT2D eigenvalue weighted by atomic mass is 9.95. The molecule has 0 radical (unpaired) electrons. The van der Waals surface area contributed by atoms with Crippen molar-refractivity contribution in [2.24, 2.45) is 5.92 Å². The van der Waals surface area contributed by atoms with Crippen LogP contribution >= 0.6 is 0 Å². The molecule has 7 nitrogen and oxygen atoms in total. The van der Waals surface area contributed by atoms with Crippen molar-refractivity contribution in [3.05, 3.63) is 60.2 Å². The van der Waals surface area contributed by atoms with Gasteiger partial charge in [0.05, 0.1) is 19.9 Å². The summed E-state index contributed by atoms with van der Waals surface area (Å²) in [6.07, 6.45) is 1.53. The molecule has 2 aromatic carbocycles. The van der Waals surface area contributed by atoms with Crippen molar-refractivity contribution in [3.8, 4) is 22.8 Å². The summed E-state index contributed by atoms with van der Waals surface area (Å²) in [7, 11) is 3.17. The van der Waals surface area contributed by atoms with Gasteiger partial charge in [-0.3, -0.25) is 4.79 Å². The number of aryl methyl sites for hydroxylation is 1. The van der Waals surface area contributed by atoms with Gasteiger partial charge in [-0.05, 0) is 50.1 Å². The SMILES string of the molecule is COc1ccc(NC(=O)C2CCN(c3ccc(-c4cccc(C)c4)nn3)CC2)cc1OC. The van der Waals surface area contributed by atoms with E-state index in [1.54, 1.807) is 26.4 Å². The Bertz CT molecular complexity index is 1080. The largest absolute Gasteiger partial charge is 0.493 e. The van der Waals surface area contributed by atoms with Gasteiger partial charge in [0.2, 0.25) is 5.91 Å². The average molecular weight is 433 g/mol. The lowest BCUT2D eigenvalue weighted by Gasteiger charge is -2.31. The van der Waals surface area contributed by atoms with Gasteiger partial charge < -0.3 is 19.7 Å². The Hall–Kier alpha value is -3.61. The summed E-state index contributed by atoms with van der Waals surface area (Å²) in [5.74, 6) is 2.05. The van der Waals surface area contributed by atoms with E-state index in [1.807, 2.05) is 30.3 Å². The summed E-state index contributed by atoms with van der Waals surface area (Å²) < 4.78 is 10.6. The van der Waals surface area contributed by atoms with Crippen LogP contribution in [0.5, 0.6) is 11.5 Å². The van der Waals surface area contributed by atoms with Gasteiger partial charge in [-0.25, -0.2) is 0 Å². The van der Waals surface area contributed by atoms with Crippen molar-refractivity contribution in [3.63, 3.8) is 0 Å². The van der Waals surface area contributed by atoms with E-state index in [1.165, 1.54) is 5.56 Å². The molecule has 0 spiro atoms. The van der Waals surface area contributed by atoms with Gasteiger partial charge in [-0.2, -0.15) is 0 Å². The zero-order chi connectivity index (χ0) is 22.5. The first-order chi connectivity index (χ1) is 15.6. The third-order valence-corrected chi connectivity index (χ3v) is 5.81. The number of aromatic nitrogens is 2. The molecule has 32 heavy (non-hydrogen) atoms. The van der Waals surface area contributed by atoms with E-state index in [2.05, 4.69) is 39.5 Å². The van der Waals surface area contributed by atoms with Crippen molar-refractivity contribution < 1.29 is 14.3 Å². The molecule has 1 aliphatic heterocycles. The van der Waals surface area contributed by atoms with Crippen LogP contribution in [0.3, 0.4) is 0 Å². The molecule has 7 heteroatoms. The lowest BCUT2D eigenvalue weighted by Crippen LogP contribution is -2.38. The van der Waals surface area contributed by atoms with E-state index >= 15 is 0 Å². The van der Waals surface area contributed by atoms with E-state index < -0.39 is 0 Å². The molecule has 0 bridgehead atoms. The molecule has 0 saturated carbocycles. The third kappa shape index (κ3) is 4.82. The number of hydrogen-bond acceptors (Lipinski definition) is 6. The van der Waals surface area contributed by atoms with Crippen LogP contribution in [0.15, 0.2) is 54.6 Å². The molecule has 166 valence electrons. The zero-order valence-electron chi connectivity index (χ0n) is 18.7. The first kappa shape index (κ1) is 21.6. The Morgan fingerprint density at radius 3 is 2.41 bits per heavy atom. The van der Waals surface area contributed by atoms with E-state index in [9.17, 15) is 4.79 Å². The molecule has 0 unspecified atom stereocenters. The van der Waals surface area contributed by atoms with E-state index in [0.29, 0.717) is 17.2 Å². The Kier molecular flexibility index (Phi) is 6.54.